The minimum atomic E-state index is -4.50. The Morgan fingerprint density at radius 2 is 2.00 bits per heavy atom. The summed E-state index contributed by atoms with van der Waals surface area (Å²) < 4.78 is 36.9. The molecule has 0 bridgehead atoms. The van der Waals surface area contributed by atoms with Gasteiger partial charge in [-0.1, -0.05) is 0 Å². The number of fused-ring (bicyclic) bond motifs is 1. The summed E-state index contributed by atoms with van der Waals surface area (Å²) in [5.41, 5.74) is 6.23. The summed E-state index contributed by atoms with van der Waals surface area (Å²) in [5.74, 6) is -0.904. The number of aryl methyl sites for hydroxylation is 1. The van der Waals surface area contributed by atoms with Gasteiger partial charge in [-0.05, 0) is 18.6 Å². The average molecular weight is 216 g/mol. The topological polar surface area (TPSA) is 67.6 Å². The van der Waals surface area contributed by atoms with E-state index in [9.17, 15) is 13.2 Å². The molecule has 0 fully saturated rings. The van der Waals surface area contributed by atoms with Crippen molar-refractivity contribution in [2.45, 2.75) is 13.1 Å². The van der Waals surface area contributed by atoms with E-state index in [1.807, 2.05) is 0 Å². The molecule has 0 aromatic carbocycles. The Bertz CT molecular complexity index is 514. The summed E-state index contributed by atoms with van der Waals surface area (Å²) in [6.07, 6.45) is -4.50. The van der Waals surface area contributed by atoms with E-state index in [0.717, 1.165) is 0 Å². The molecule has 15 heavy (non-hydrogen) atoms. The molecule has 0 atom stereocenters. The van der Waals surface area contributed by atoms with Gasteiger partial charge in [0, 0.05) is 0 Å². The molecule has 2 aromatic heterocycles. The van der Waals surface area contributed by atoms with Gasteiger partial charge in [-0.25, -0.2) is 9.97 Å². The molecule has 0 spiro atoms. The van der Waals surface area contributed by atoms with Crippen LogP contribution in [-0.4, -0.2) is 15.0 Å². The van der Waals surface area contributed by atoms with Crippen LogP contribution in [0.25, 0.3) is 11.2 Å². The Morgan fingerprint density at radius 1 is 1.33 bits per heavy atom. The smallest absolute Gasteiger partial charge is 0.384 e. The van der Waals surface area contributed by atoms with Crippen molar-refractivity contribution in [1.82, 2.24) is 15.0 Å². The fraction of sp³-hybridized carbons (Fsp3) is 0.250. The summed E-state index contributed by atoms with van der Waals surface area (Å²) in [7, 11) is 0. The zero-order chi connectivity index (χ0) is 11.2. The third-order valence-electron chi connectivity index (χ3n) is 1.95. The van der Waals surface area contributed by atoms with Crippen LogP contribution in [0.4, 0.5) is 19.0 Å². The lowest BCUT2D eigenvalue weighted by atomic mass is 10.2. The fourth-order valence-corrected chi connectivity index (χ4v) is 1.30. The zero-order valence-corrected chi connectivity index (χ0v) is 7.68. The van der Waals surface area contributed by atoms with Gasteiger partial charge in [0.1, 0.15) is 5.82 Å². The van der Waals surface area contributed by atoms with Crippen molar-refractivity contribution in [3.8, 4) is 0 Å². The van der Waals surface area contributed by atoms with Crippen molar-refractivity contribution >= 4 is 17.0 Å². The van der Waals surface area contributed by atoms with Gasteiger partial charge in [0.25, 0.3) is 0 Å². The number of nitrogens with two attached hydrogens (primary N) is 1. The van der Waals surface area contributed by atoms with Crippen molar-refractivity contribution < 1.29 is 13.2 Å². The average Bonchev–Trinajstić information content (AvgIpc) is 2.46. The Labute approximate surface area is 82.3 Å². The second kappa shape index (κ2) is 2.85. The number of halogens is 3. The molecule has 0 saturated heterocycles. The zero-order valence-electron chi connectivity index (χ0n) is 7.68. The SMILES string of the molecule is Cc1cc(N)nc2nc(C(F)(F)F)[nH]c12. The number of nitrogens with zero attached hydrogens (tertiary/aromatic N) is 2. The number of aromatic amines is 1. The first-order valence-corrected chi connectivity index (χ1v) is 4.08. The molecule has 3 N–H and O–H groups in total. The van der Waals surface area contributed by atoms with Gasteiger partial charge in [-0.2, -0.15) is 13.2 Å². The largest absolute Gasteiger partial charge is 0.449 e. The molecule has 2 heterocycles. The van der Waals surface area contributed by atoms with Gasteiger partial charge in [-0.15, -0.1) is 0 Å². The Morgan fingerprint density at radius 3 is 2.60 bits per heavy atom. The molecule has 0 unspecified atom stereocenters. The van der Waals surface area contributed by atoms with Crippen molar-refractivity contribution in [3.05, 3.63) is 17.5 Å². The number of hydrogen-bond acceptors (Lipinski definition) is 3. The van der Waals surface area contributed by atoms with E-state index in [2.05, 4.69) is 15.0 Å². The van der Waals surface area contributed by atoms with Crippen LogP contribution in [0, 0.1) is 6.92 Å². The molecular formula is C8H7F3N4. The van der Waals surface area contributed by atoms with Crippen LogP contribution in [0.15, 0.2) is 6.07 Å². The summed E-state index contributed by atoms with van der Waals surface area (Å²) >= 11 is 0. The Hall–Kier alpha value is -1.79. The van der Waals surface area contributed by atoms with E-state index in [1.165, 1.54) is 6.07 Å². The molecule has 7 heteroatoms. The number of anilines is 1. The molecule has 0 aliphatic rings. The highest BCUT2D eigenvalue weighted by Crippen LogP contribution is 2.29. The summed E-state index contributed by atoms with van der Waals surface area (Å²) in [5, 5.41) is 0. The van der Waals surface area contributed by atoms with Crippen LogP contribution >= 0.6 is 0 Å². The first-order chi connectivity index (χ1) is 6.88. The van der Waals surface area contributed by atoms with Crippen LogP contribution in [-0.2, 0) is 6.18 Å². The van der Waals surface area contributed by atoms with Crippen molar-refractivity contribution in [2.24, 2.45) is 0 Å². The number of H-pyrrole nitrogens is 1. The summed E-state index contributed by atoms with van der Waals surface area (Å²) in [4.78, 5) is 9.22. The third-order valence-corrected chi connectivity index (χ3v) is 1.95. The number of pyridine rings is 1. The molecule has 0 amide bonds. The number of alkyl halides is 3. The minimum absolute atomic E-state index is 0.0141. The molecular weight excluding hydrogens is 209 g/mol. The minimum Gasteiger partial charge on any atom is -0.384 e. The van der Waals surface area contributed by atoms with Crippen molar-refractivity contribution in [1.29, 1.82) is 0 Å². The monoisotopic (exact) mass is 216 g/mol. The van der Waals surface area contributed by atoms with E-state index in [1.54, 1.807) is 6.92 Å². The van der Waals surface area contributed by atoms with Gasteiger partial charge in [-0.3, -0.25) is 0 Å². The molecule has 0 radical (unpaired) electrons. The second-order valence-corrected chi connectivity index (χ2v) is 3.15. The van der Waals surface area contributed by atoms with Crippen LogP contribution in [0.1, 0.15) is 11.4 Å². The number of rotatable bonds is 0. The second-order valence-electron chi connectivity index (χ2n) is 3.15. The van der Waals surface area contributed by atoms with E-state index >= 15 is 0 Å². The molecule has 2 rings (SSSR count). The number of nitrogen functional groups attached to an aromatic ring is 1. The van der Waals surface area contributed by atoms with Gasteiger partial charge < -0.3 is 10.7 Å². The number of hydrogen-bond donors (Lipinski definition) is 2. The van der Waals surface area contributed by atoms with Crippen LogP contribution < -0.4 is 5.73 Å². The number of nitrogens with one attached hydrogen (secondary N) is 1. The van der Waals surface area contributed by atoms with Gasteiger partial charge in [0.2, 0.25) is 5.82 Å². The lowest BCUT2D eigenvalue weighted by Gasteiger charge is -1.99. The van der Waals surface area contributed by atoms with E-state index in [-0.39, 0.29) is 17.0 Å². The van der Waals surface area contributed by atoms with E-state index in [0.29, 0.717) is 5.56 Å². The van der Waals surface area contributed by atoms with Crippen LogP contribution in [0.2, 0.25) is 0 Å². The highest BCUT2D eigenvalue weighted by Gasteiger charge is 2.35. The lowest BCUT2D eigenvalue weighted by molar-refractivity contribution is -0.144. The molecule has 0 saturated carbocycles. The third kappa shape index (κ3) is 1.60. The van der Waals surface area contributed by atoms with E-state index < -0.39 is 12.0 Å². The highest BCUT2D eigenvalue weighted by molar-refractivity contribution is 5.76. The summed E-state index contributed by atoms with van der Waals surface area (Å²) in [6.45, 7) is 1.64. The quantitative estimate of drug-likeness (QED) is 0.706. The molecule has 0 aliphatic carbocycles. The standard InChI is InChI=1S/C8H7F3N4/c1-3-2-4(12)13-6-5(3)14-7(15-6)8(9,10)11/h2H,1H3,(H3,12,13,14,15). The number of imidazole rings is 1. The lowest BCUT2D eigenvalue weighted by Crippen LogP contribution is -2.06. The maximum atomic E-state index is 12.3. The molecule has 4 nitrogen and oxygen atoms in total. The van der Waals surface area contributed by atoms with Crippen LogP contribution in [0.5, 0.6) is 0 Å². The normalized spacial score (nSPS) is 12.3. The molecule has 0 aliphatic heterocycles. The van der Waals surface area contributed by atoms with Gasteiger partial charge in [0.15, 0.2) is 5.65 Å². The maximum absolute atomic E-state index is 12.3. The summed E-state index contributed by atoms with van der Waals surface area (Å²) in [6, 6.07) is 1.49. The molecule has 80 valence electrons. The van der Waals surface area contributed by atoms with Gasteiger partial charge >= 0.3 is 6.18 Å². The number of aromatic nitrogens is 3. The fourth-order valence-electron chi connectivity index (χ4n) is 1.30. The Kier molecular flexibility index (Phi) is 1.85. The van der Waals surface area contributed by atoms with Crippen molar-refractivity contribution in [2.75, 3.05) is 5.73 Å². The predicted octanol–water partition coefficient (Wildman–Crippen LogP) is 1.87. The predicted molar refractivity (Wildman–Crippen MR) is 48.0 cm³/mol. The van der Waals surface area contributed by atoms with Crippen LogP contribution in [0.3, 0.4) is 0 Å². The van der Waals surface area contributed by atoms with E-state index in [4.69, 9.17) is 5.73 Å². The van der Waals surface area contributed by atoms with Gasteiger partial charge in [0.05, 0.1) is 5.52 Å². The first-order valence-electron chi connectivity index (χ1n) is 4.08. The maximum Gasteiger partial charge on any atom is 0.449 e. The molecule has 2 aromatic rings. The highest BCUT2D eigenvalue weighted by atomic mass is 19.4. The van der Waals surface area contributed by atoms with Crippen molar-refractivity contribution in [3.63, 3.8) is 0 Å². The first kappa shape index (κ1) is 9.75. The Balaban J connectivity index is 2.71.